The second kappa shape index (κ2) is 6.54. The summed E-state index contributed by atoms with van der Waals surface area (Å²) < 4.78 is 23.2. The van der Waals surface area contributed by atoms with Gasteiger partial charge < -0.3 is 14.1 Å². The Balaban J connectivity index is 1.87. The molecule has 3 aromatic rings. The maximum atomic E-state index is 15.4. The van der Waals surface area contributed by atoms with Crippen LogP contribution in [0.25, 0.3) is 28.0 Å². The van der Waals surface area contributed by atoms with E-state index in [2.05, 4.69) is 12.2 Å². The van der Waals surface area contributed by atoms with Gasteiger partial charge in [-0.05, 0) is 23.8 Å². The number of nitrogens with zero attached hydrogens (tertiary/aromatic N) is 1. The molecule has 5 rings (SSSR count). The van der Waals surface area contributed by atoms with E-state index < -0.39 is 22.8 Å². The van der Waals surface area contributed by atoms with Crippen molar-refractivity contribution < 1.29 is 18.7 Å². The zero-order chi connectivity index (χ0) is 22.1. The minimum absolute atomic E-state index is 0.0225. The topological polar surface area (TPSA) is 72.4 Å². The predicted molar refractivity (Wildman–Crippen MR) is 117 cm³/mol. The molecule has 6 heteroatoms. The first-order chi connectivity index (χ1) is 14.7. The van der Waals surface area contributed by atoms with Crippen LogP contribution in [0.5, 0.6) is 0 Å². The minimum Gasteiger partial charge on any atom is -0.477 e. The highest BCUT2D eigenvalue weighted by Gasteiger charge is 2.39. The minimum atomic E-state index is -1.44. The average molecular weight is 419 g/mol. The van der Waals surface area contributed by atoms with Crippen LogP contribution in [0.2, 0.25) is 0 Å². The number of carbonyl (C=O) groups is 1. The van der Waals surface area contributed by atoms with Gasteiger partial charge in [-0.3, -0.25) is 4.79 Å². The molecule has 1 aromatic carbocycles. The number of para-hydroxylation sites is 1. The number of aromatic carboxylic acids is 1. The van der Waals surface area contributed by atoms with Crippen molar-refractivity contribution in [2.45, 2.75) is 39.7 Å². The zero-order valence-corrected chi connectivity index (χ0v) is 17.5. The highest BCUT2D eigenvalue weighted by molar-refractivity contribution is 5.98. The molecule has 0 radical (unpaired) electrons. The molecule has 1 unspecified atom stereocenters. The fourth-order valence-corrected chi connectivity index (χ4v) is 4.68. The zero-order valence-electron chi connectivity index (χ0n) is 17.5. The van der Waals surface area contributed by atoms with Crippen LogP contribution < -0.4 is 5.43 Å². The summed E-state index contributed by atoms with van der Waals surface area (Å²) in [6.45, 7) is 6.06. The molecule has 3 heterocycles. The SMILES string of the molecule is CC(C)(C)C1Cc2c(oc3c(C4=CCC=C4)cccc23)-c2c(F)c(=O)c(C(=O)O)cn21. The number of carboxylic acids is 1. The van der Waals surface area contributed by atoms with Crippen LogP contribution in [-0.4, -0.2) is 15.6 Å². The second-order valence-corrected chi connectivity index (χ2v) is 9.22. The third-order valence-corrected chi connectivity index (χ3v) is 6.26. The van der Waals surface area contributed by atoms with Crippen molar-refractivity contribution in [2.24, 2.45) is 5.41 Å². The molecule has 0 spiro atoms. The number of fused-ring (bicyclic) bond motifs is 5. The Hall–Kier alpha value is -3.41. The highest BCUT2D eigenvalue weighted by atomic mass is 19.1. The van der Waals surface area contributed by atoms with E-state index >= 15 is 4.39 Å². The summed E-state index contributed by atoms with van der Waals surface area (Å²) in [7, 11) is 0. The molecular weight excluding hydrogens is 397 g/mol. The van der Waals surface area contributed by atoms with Crippen molar-refractivity contribution in [1.29, 1.82) is 0 Å². The molecule has 0 bridgehead atoms. The molecule has 0 fully saturated rings. The number of hydrogen-bond acceptors (Lipinski definition) is 3. The number of benzene rings is 1. The van der Waals surface area contributed by atoms with Gasteiger partial charge in [0, 0.05) is 28.8 Å². The lowest BCUT2D eigenvalue weighted by atomic mass is 9.79. The lowest BCUT2D eigenvalue weighted by Crippen LogP contribution is -2.34. The van der Waals surface area contributed by atoms with E-state index in [0.717, 1.165) is 28.5 Å². The standard InChI is InChI=1S/C25H22FNO4/c1-25(2,3)18-11-16-15-10-6-9-14(13-7-4-5-8-13)22(15)31-23(16)20-19(26)21(28)17(24(29)30)12-27(18)20/h4,6-10,12,18H,5,11H2,1-3H3,(H,29,30). The quantitative estimate of drug-likeness (QED) is 0.588. The molecule has 0 saturated heterocycles. The predicted octanol–water partition coefficient (Wildman–Crippen LogP) is 5.59. The van der Waals surface area contributed by atoms with Gasteiger partial charge in [0.05, 0.1) is 0 Å². The number of aromatic nitrogens is 1. The Kier molecular flexibility index (Phi) is 4.13. The van der Waals surface area contributed by atoms with Gasteiger partial charge in [0.1, 0.15) is 16.8 Å². The number of allylic oxidation sites excluding steroid dienone is 4. The van der Waals surface area contributed by atoms with Crippen LogP contribution in [0.1, 0.15) is 54.7 Å². The van der Waals surface area contributed by atoms with Crippen molar-refractivity contribution in [1.82, 2.24) is 4.57 Å². The third kappa shape index (κ3) is 2.81. The molecular formula is C25H22FNO4. The van der Waals surface area contributed by atoms with Gasteiger partial charge in [-0.25, -0.2) is 9.18 Å². The molecule has 158 valence electrons. The number of carboxylic acid groups (broad SMARTS) is 1. The lowest BCUT2D eigenvalue weighted by molar-refractivity contribution is 0.0692. The molecule has 5 nitrogen and oxygen atoms in total. The van der Waals surface area contributed by atoms with Gasteiger partial charge in [0.15, 0.2) is 11.6 Å². The van der Waals surface area contributed by atoms with Gasteiger partial charge in [0.2, 0.25) is 5.43 Å². The Morgan fingerprint density at radius 1 is 1.29 bits per heavy atom. The summed E-state index contributed by atoms with van der Waals surface area (Å²) in [5.41, 5.74) is 1.48. The van der Waals surface area contributed by atoms with Crippen molar-refractivity contribution in [3.05, 3.63) is 75.4 Å². The average Bonchev–Trinajstić information content (AvgIpc) is 3.36. The monoisotopic (exact) mass is 419 g/mol. The number of pyridine rings is 1. The molecule has 2 aromatic heterocycles. The van der Waals surface area contributed by atoms with E-state index in [1.165, 1.54) is 6.20 Å². The molecule has 1 aliphatic carbocycles. The lowest BCUT2D eigenvalue weighted by Gasteiger charge is -2.37. The summed E-state index contributed by atoms with van der Waals surface area (Å²) >= 11 is 0. The van der Waals surface area contributed by atoms with Crippen LogP contribution in [0.15, 0.2) is 51.8 Å². The van der Waals surface area contributed by atoms with E-state index in [1.807, 2.05) is 45.0 Å². The molecule has 0 saturated carbocycles. The van der Waals surface area contributed by atoms with Gasteiger partial charge in [-0.2, -0.15) is 0 Å². The van der Waals surface area contributed by atoms with Crippen molar-refractivity contribution >= 4 is 22.5 Å². The molecule has 1 atom stereocenters. The summed E-state index contributed by atoms with van der Waals surface area (Å²) in [5.74, 6) is -2.22. The van der Waals surface area contributed by atoms with Crippen LogP contribution >= 0.6 is 0 Å². The largest absolute Gasteiger partial charge is 0.477 e. The molecule has 31 heavy (non-hydrogen) atoms. The summed E-state index contributed by atoms with van der Waals surface area (Å²) in [5, 5.41) is 10.3. The van der Waals surface area contributed by atoms with E-state index in [1.54, 1.807) is 4.57 Å². The van der Waals surface area contributed by atoms with Gasteiger partial charge >= 0.3 is 5.97 Å². The molecule has 1 aliphatic heterocycles. The number of rotatable bonds is 2. The highest BCUT2D eigenvalue weighted by Crippen LogP contribution is 2.47. The Bertz CT molecular complexity index is 1380. The fraction of sp³-hybridized carbons (Fsp3) is 0.280. The number of hydrogen-bond donors (Lipinski definition) is 1. The maximum Gasteiger partial charge on any atom is 0.341 e. The van der Waals surface area contributed by atoms with E-state index in [-0.39, 0.29) is 17.2 Å². The number of furan rings is 1. The van der Waals surface area contributed by atoms with Gasteiger partial charge in [-0.15, -0.1) is 0 Å². The van der Waals surface area contributed by atoms with E-state index in [0.29, 0.717) is 17.8 Å². The van der Waals surface area contributed by atoms with Crippen molar-refractivity contribution in [2.75, 3.05) is 0 Å². The summed E-state index contributed by atoms with van der Waals surface area (Å²) in [6, 6.07) is 5.63. The number of halogens is 1. The first-order valence-electron chi connectivity index (χ1n) is 10.3. The maximum absolute atomic E-state index is 15.4. The van der Waals surface area contributed by atoms with Gasteiger partial charge in [0.25, 0.3) is 0 Å². The van der Waals surface area contributed by atoms with E-state index in [4.69, 9.17) is 4.42 Å². The second-order valence-electron chi connectivity index (χ2n) is 9.22. The van der Waals surface area contributed by atoms with Crippen molar-refractivity contribution in [3.63, 3.8) is 0 Å². The first-order valence-corrected chi connectivity index (χ1v) is 10.3. The molecule has 0 amide bonds. The van der Waals surface area contributed by atoms with Crippen LogP contribution in [-0.2, 0) is 6.42 Å². The Morgan fingerprint density at radius 2 is 2.06 bits per heavy atom. The van der Waals surface area contributed by atoms with E-state index in [9.17, 15) is 14.7 Å². The normalized spacial score (nSPS) is 17.5. The Morgan fingerprint density at radius 3 is 2.71 bits per heavy atom. The van der Waals surface area contributed by atoms with Crippen LogP contribution in [0.4, 0.5) is 4.39 Å². The summed E-state index contributed by atoms with van der Waals surface area (Å²) in [6.07, 6.45) is 8.85. The fourth-order valence-electron chi connectivity index (χ4n) is 4.68. The molecule has 1 N–H and O–H groups in total. The van der Waals surface area contributed by atoms with Crippen molar-refractivity contribution in [3.8, 4) is 11.5 Å². The Labute approximate surface area is 178 Å². The third-order valence-electron chi connectivity index (χ3n) is 6.26. The smallest absolute Gasteiger partial charge is 0.341 e. The molecule has 2 aliphatic rings. The first kappa shape index (κ1) is 19.5. The van der Waals surface area contributed by atoms with Crippen LogP contribution in [0, 0.1) is 11.2 Å². The van der Waals surface area contributed by atoms with Gasteiger partial charge in [-0.1, -0.05) is 57.2 Å². The summed E-state index contributed by atoms with van der Waals surface area (Å²) in [4.78, 5) is 24.1. The van der Waals surface area contributed by atoms with Crippen LogP contribution in [0.3, 0.4) is 0 Å².